The summed E-state index contributed by atoms with van der Waals surface area (Å²) in [6.07, 6.45) is 3.39. The number of carbonyl (C=O) groups excluding carboxylic acids is 1. The highest BCUT2D eigenvalue weighted by Crippen LogP contribution is 2.14. The van der Waals surface area contributed by atoms with Crippen LogP contribution in [0, 0.1) is 0 Å². The minimum atomic E-state index is -0.437. The van der Waals surface area contributed by atoms with Crippen LogP contribution in [0.25, 0.3) is 0 Å². The van der Waals surface area contributed by atoms with Crippen LogP contribution in [-0.2, 0) is 4.79 Å². The van der Waals surface area contributed by atoms with E-state index in [4.69, 9.17) is 11.6 Å². The first kappa shape index (κ1) is 11.7. The summed E-state index contributed by atoms with van der Waals surface area (Å²) in [5.41, 5.74) is 1.41. The SMILES string of the molecule is C=C(C)/C(Br)=C\C=C(/C)C(=O)Cl. The van der Waals surface area contributed by atoms with E-state index >= 15 is 0 Å². The van der Waals surface area contributed by atoms with Crippen molar-refractivity contribution in [2.75, 3.05) is 0 Å². The first-order valence-corrected chi connectivity index (χ1v) is 4.52. The molecule has 0 saturated heterocycles. The van der Waals surface area contributed by atoms with Crippen molar-refractivity contribution in [3.05, 3.63) is 34.4 Å². The molecule has 0 aliphatic carbocycles. The van der Waals surface area contributed by atoms with E-state index < -0.39 is 5.24 Å². The highest BCUT2D eigenvalue weighted by atomic mass is 79.9. The molecule has 0 heterocycles. The molecule has 0 aromatic heterocycles. The van der Waals surface area contributed by atoms with E-state index in [0.717, 1.165) is 10.1 Å². The van der Waals surface area contributed by atoms with Crippen LogP contribution < -0.4 is 0 Å². The van der Waals surface area contributed by atoms with Gasteiger partial charge < -0.3 is 0 Å². The van der Waals surface area contributed by atoms with E-state index in [1.165, 1.54) is 0 Å². The first-order chi connectivity index (χ1) is 5.45. The largest absolute Gasteiger partial charge is 0.276 e. The number of hydrogen-bond donors (Lipinski definition) is 0. The Bertz CT molecular complexity index is 236. The molecule has 0 aliphatic rings. The van der Waals surface area contributed by atoms with Gasteiger partial charge in [0, 0.05) is 10.1 Å². The lowest BCUT2D eigenvalue weighted by Gasteiger charge is -1.93. The Morgan fingerprint density at radius 3 is 2.25 bits per heavy atom. The summed E-state index contributed by atoms with van der Waals surface area (Å²) < 4.78 is 0.861. The lowest BCUT2D eigenvalue weighted by Crippen LogP contribution is -1.85. The predicted molar refractivity (Wildman–Crippen MR) is 56.4 cm³/mol. The smallest absolute Gasteiger partial charge is 0.248 e. The van der Waals surface area contributed by atoms with E-state index in [1.54, 1.807) is 19.1 Å². The summed E-state index contributed by atoms with van der Waals surface area (Å²) in [6, 6.07) is 0. The third-order valence-electron chi connectivity index (χ3n) is 1.20. The van der Waals surface area contributed by atoms with Gasteiger partial charge in [-0.2, -0.15) is 0 Å². The molecule has 0 amide bonds. The second-order valence-electron chi connectivity index (χ2n) is 2.42. The van der Waals surface area contributed by atoms with Gasteiger partial charge in [0.2, 0.25) is 5.24 Å². The van der Waals surface area contributed by atoms with E-state index in [9.17, 15) is 4.79 Å². The monoisotopic (exact) mass is 248 g/mol. The zero-order valence-electron chi connectivity index (χ0n) is 7.03. The lowest BCUT2D eigenvalue weighted by atomic mass is 10.2. The highest BCUT2D eigenvalue weighted by Gasteiger charge is 1.96. The van der Waals surface area contributed by atoms with Crippen LogP contribution in [0.5, 0.6) is 0 Å². The van der Waals surface area contributed by atoms with Crippen molar-refractivity contribution >= 4 is 32.8 Å². The molecule has 0 aromatic rings. The molecule has 0 unspecified atom stereocenters. The molecule has 3 heteroatoms. The lowest BCUT2D eigenvalue weighted by molar-refractivity contribution is -0.108. The van der Waals surface area contributed by atoms with Crippen molar-refractivity contribution in [2.24, 2.45) is 0 Å². The summed E-state index contributed by atoms with van der Waals surface area (Å²) in [7, 11) is 0. The molecule has 0 rings (SSSR count). The summed E-state index contributed by atoms with van der Waals surface area (Å²) in [5, 5.41) is -0.437. The van der Waals surface area contributed by atoms with E-state index in [2.05, 4.69) is 22.5 Å². The average molecular weight is 250 g/mol. The fourth-order valence-corrected chi connectivity index (χ4v) is 0.601. The molecule has 0 saturated carbocycles. The van der Waals surface area contributed by atoms with Crippen LogP contribution in [0.2, 0.25) is 0 Å². The van der Waals surface area contributed by atoms with Crippen molar-refractivity contribution in [2.45, 2.75) is 13.8 Å². The van der Waals surface area contributed by atoms with Gasteiger partial charge in [-0.15, -0.1) is 0 Å². The van der Waals surface area contributed by atoms with Crippen LogP contribution in [0.4, 0.5) is 0 Å². The molecule has 0 aromatic carbocycles. The van der Waals surface area contributed by atoms with Gasteiger partial charge in [-0.25, -0.2) is 0 Å². The van der Waals surface area contributed by atoms with Crippen LogP contribution >= 0.6 is 27.5 Å². The predicted octanol–water partition coefficient (Wildman–Crippen LogP) is 3.55. The van der Waals surface area contributed by atoms with Gasteiger partial charge in [-0.1, -0.05) is 28.6 Å². The molecular formula is C9H10BrClO. The van der Waals surface area contributed by atoms with E-state index in [-0.39, 0.29) is 0 Å². The molecule has 0 aliphatic heterocycles. The zero-order chi connectivity index (χ0) is 9.72. The van der Waals surface area contributed by atoms with Gasteiger partial charge in [0.25, 0.3) is 0 Å². The summed E-state index contributed by atoms with van der Waals surface area (Å²) in [4.78, 5) is 10.6. The van der Waals surface area contributed by atoms with Gasteiger partial charge in [-0.3, -0.25) is 4.79 Å². The fourth-order valence-electron chi connectivity index (χ4n) is 0.406. The molecule has 0 atom stereocenters. The Balaban J connectivity index is 4.48. The summed E-state index contributed by atoms with van der Waals surface area (Å²) in [6.45, 7) is 7.24. The maximum Gasteiger partial charge on any atom is 0.248 e. The molecular weight excluding hydrogens is 239 g/mol. The minimum Gasteiger partial charge on any atom is -0.276 e. The van der Waals surface area contributed by atoms with Gasteiger partial charge in [0.05, 0.1) is 0 Å². The van der Waals surface area contributed by atoms with E-state index in [1.807, 2.05) is 6.92 Å². The molecule has 0 bridgehead atoms. The minimum absolute atomic E-state index is 0.437. The van der Waals surface area contributed by atoms with Crippen LogP contribution in [0.3, 0.4) is 0 Å². The molecule has 1 nitrogen and oxygen atoms in total. The number of hydrogen-bond acceptors (Lipinski definition) is 1. The second-order valence-corrected chi connectivity index (χ2v) is 3.62. The van der Waals surface area contributed by atoms with Crippen molar-refractivity contribution in [1.82, 2.24) is 0 Å². The number of halogens is 2. The van der Waals surface area contributed by atoms with Gasteiger partial charge >= 0.3 is 0 Å². The number of carbonyl (C=O) groups is 1. The first-order valence-electron chi connectivity index (χ1n) is 3.35. The van der Waals surface area contributed by atoms with Crippen LogP contribution in [0.15, 0.2) is 34.4 Å². The molecule has 0 fully saturated rings. The van der Waals surface area contributed by atoms with Crippen LogP contribution in [0.1, 0.15) is 13.8 Å². The second kappa shape index (κ2) is 5.33. The quantitative estimate of drug-likeness (QED) is 0.425. The van der Waals surface area contributed by atoms with Crippen molar-refractivity contribution in [3.8, 4) is 0 Å². The highest BCUT2D eigenvalue weighted by molar-refractivity contribution is 9.12. The Morgan fingerprint density at radius 1 is 1.42 bits per heavy atom. The maximum absolute atomic E-state index is 10.6. The van der Waals surface area contributed by atoms with Crippen LogP contribution in [-0.4, -0.2) is 5.24 Å². The topological polar surface area (TPSA) is 17.1 Å². The molecule has 12 heavy (non-hydrogen) atoms. The third kappa shape index (κ3) is 4.52. The van der Waals surface area contributed by atoms with E-state index in [0.29, 0.717) is 5.57 Å². The number of allylic oxidation sites excluding steroid dienone is 5. The molecule has 0 radical (unpaired) electrons. The number of rotatable bonds is 3. The Morgan fingerprint density at radius 2 is 1.92 bits per heavy atom. The molecule has 66 valence electrons. The summed E-state index contributed by atoms with van der Waals surface area (Å²) in [5.74, 6) is 0. The fraction of sp³-hybridized carbons (Fsp3) is 0.222. The van der Waals surface area contributed by atoms with Crippen molar-refractivity contribution < 1.29 is 4.79 Å². The van der Waals surface area contributed by atoms with Gasteiger partial charge in [-0.05, 0) is 37.1 Å². The normalized spacial score (nSPS) is 13.0. The average Bonchev–Trinajstić information content (AvgIpc) is 1.98. The summed E-state index contributed by atoms with van der Waals surface area (Å²) >= 11 is 8.50. The zero-order valence-corrected chi connectivity index (χ0v) is 9.37. The maximum atomic E-state index is 10.6. The van der Waals surface area contributed by atoms with Crippen molar-refractivity contribution in [3.63, 3.8) is 0 Å². The third-order valence-corrected chi connectivity index (χ3v) is 2.44. The Kier molecular flexibility index (Phi) is 5.18. The Labute approximate surface area is 85.9 Å². The van der Waals surface area contributed by atoms with Crippen molar-refractivity contribution in [1.29, 1.82) is 0 Å². The molecule has 0 N–H and O–H groups in total. The van der Waals surface area contributed by atoms with Gasteiger partial charge in [0.15, 0.2) is 0 Å². The van der Waals surface area contributed by atoms with Gasteiger partial charge in [0.1, 0.15) is 0 Å². The molecule has 0 spiro atoms. The standard InChI is InChI=1S/C9H10BrClO/c1-6(2)8(10)5-4-7(3)9(11)12/h4-5H,1H2,2-3H3/b7-4+,8-5+. The Hall–Kier alpha value is -0.340.